The van der Waals surface area contributed by atoms with Gasteiger partial charge in [0.15, 0.2) is 11.5 Å². The van der Waals surface area contributed by atoms with Gasteiger partial charge in [0.1, 0.15) is 24.6 Å². The van der Waals surface area contributed by atoms with Crippen LogP contribution in [0.4, 0.5) is 4.39 Å². The van der Waals surface area contributed by atoms with Crippen molar-refractivity contribution in [3.63, 3.8) is 0 Å². The Morgan fingerprint density at radius 2 is 1.92 bits per heavy atom. The SMILES string of the molecule is COc1cc(CO)cc(I)c1O[C@H]1C=C(C(=O)NCCO)C[C@@H](N(Cc2ccccc2F)C(=O)CO[C@H]2C[C@@H](C)CC[C@@H]2C(C)C)[C@@H]1O. The second kappa shape index (κ2) is 17.7. The zero-order valence-corrected chi connectivity index (χ0v) is 30.2. The number of hydrogen-bond acceptors (Lipinski definition) is 8. The Hall–Kier alpha value is -2.78. The van der Waals surface area contributed by atoms with Crippen molar-refractivity contribution >= 4 is 34.4 Å². The number of amides is 2. The van der Waals surface area contributed by atoms with E-state index in [1.165, 1.54) is 24.2 Å². The number of halogens is 2. The number of rotatable bonds is 14. The molecule has 4 N–H and O–H groups in total. The van der Waals surface area contributed by atoms with Gasteiger partial charge < -0.3 is 39.7 Å². The van der Waals surface area contributed by atoms with Gasteiger partial charge in [-0.15, -0.1) is 0 Å². The summed E-state index contributed by atoms with van der Waals surface area (Å²) in [4.78, 5) is 28.8. The second-order valence-electron chi connectivity index (χ2n) is 13.1. The molecule has 0 bridgehead atoms. The summed E-state index contributed by atoms with van der Waals surface area (Å²) >= 11 is 2.04. The molecule has 2 amide bonds. The first kappa shape index (κ1) is 38.0. The molecule has 0 unspecified atom stereocenters. The molecule has 264 valence electrons. The van der Waals surface area contributed by atoms with Crippen LogP contribution >= 0.6 is 22.6 Å². The molecule has 0 saturated heterocycles. The molecule has 2 aromatic carbocycles. The van der Waals surface area contributed by atoms with Gasteiger partial charge in [0.25, 0.3) is 0 Å². The number of aliphatic hydroxyl groups is 3. The smallest absolute Gasteiger partial charge is 0.249 e. The largest absolute Gasteiger partial charge is 0.493 e. The van der Waals surface area contributed by atoms with Gasteiger partial charge >= 0.3 is 0 Å². The average Bonchev–Trinajstić information content (AvgIpc) is 3.07. The van der Waals surface area contributed by atoms with E-state index >= 15 is 4.39 Å². The van der Waals surface area contributed by atoms with Crippen LogP contribution in [0.5, 0.6) is 11.5 Å². The van der Waals surface area contributed by atoms with Gasteiger partial charge in [-0.05, 0) is 83.0 Å². The molecule has 0 spiro atoms. The minimum absolute atomic E-state index is 0.00576. The summed E-state index contributed by atoms with van der Waals surface area (Å²) in [6, 6.07) is 8.46. The molecule has 1 saturated carbocycles. The molecule has 0 heterocycles. The third-order valence-corrected chi connectivity index (χ3v) is 10.1. The molecule has 2 aliphatic rings. The highest BCUT2D eigenvalue weighted by Gasteiger charge is 2.42. The molecule has 2 aliphatic carbocycles. The quantitative estimate of drug-likeness (QED) is 0.208. The predicted molar refractivity (Wildman–Crippen MR) is 187 cm³/mol. The van der Waals surface area contributed by atoms with Crippen LogP contribution in [0.15, 0.2) is 48.0 Å². The topological polar surface area (TPSA) is 138 Å². The number of benzene rings is 2. The summed E-state index contributed by atoms with van der Waals surface area (Å²) in [6.45, 7) is 5.57. The van der Waals surface area contributed by atoms with Crippen LogP contribution in [0.1, 0.15) is 57.6 Å². The van der Waals surface area contributed by atoms with E-state index in [9.17, 15) is 24.9 Å². The van der Waals surface area contributed by atoms with Gasteiger partial charge in [-0.25, -0.2) is 4.39 Å². The van der Waals surface area contributed by atoms with Crippen LogP contribution in [-0.2, 0) is 27.5 Å². The summed E-state index contributed by atoms with van der Waals surface area (Å²) in [5, 5.41) is 33.6. The van der Waals surface area contributed by atoms with Crippen molar-refractivity contribution in [3.05, 3.63) is 68.6 Å². The molecule has 1 fully saturated rings. The lowest BCUT2D eigenvalue weighted by Gasteiger charge is -2.41. The normalized spacial score (nSPS) is 24.2. The maximum atomic E-state index is 15.0. The van der Waals surface area contributed by atoms with Crippen LogP contribution in [0.25, 0.3) is 0 Å². The molecule has 2 aromatic rings. The third kappa shape index (κ3) is 9.46. The summed E-state index contributed by atoms with van der Waals surface area (Å²) in [7, 11) is 1.45. The van der Waals surface area contributed by atoms with E-state index < -0.39 is 35.9 Å². The zero-order chi connectivity index (χ0) is 35.0. The van der Waals surface area contributed by atoms with Crippen molar-refractivity contribution in [2.75, 3.05) is 26.9 Å². The second-order valence-corrected chi connectivity index (χ2v) is 14.2. The maximum absolute atomic E-state index is 15.0. The maximum Gasteiger partial charge on any atom is 0.249 e. The van der Waals surface area contributed by atoms with Gasteiger partial charge in [0.05, 0.1) is 36.0 Å². The first-order valence-electron chi connectivity index (χ1n) is 16.5. The number of aliphatic hydroxyl groups excluding tert-OH is 3. The van der Waals surface area contributed by atoms with Crippen LogP contribution < -0.4 is 14.8 Å². The Kier molecular flexibility index (Phi) is 14.1. The number of methoxy groups -OCH3 is 1. The van der Waals surface area contributed by atoms with Gasteiger partial charge in [0, 0.05) is 30.6 Å². The number of carbonyl (C=O) groups is 2. The summed E-state index contributed by atoms with van der Waals surface area (Å²) in [6.07, 6.45) is 1.82. The van der Waals surface area contributed by atoms with Crippen molar-refractivity contribution in [2.45, 2.75) is 84.0 Å². The fourth-order valence-corrected chi connectivity index (χ4v) is 7.46. The number of hydrogen-bond donors (Lipinski definition) is 4. The van der Waals surface area contributed by atoms with Crippen LogP contribution in [-0.4, -0.2) is 83.3 Å². The van der Waals surface area contributed by atoms with Crippen LogP contribution in [0, 0.1) is 27.1 Å². The number of ether oxygens (including phenoxy) is 3. The molecule has 48 heavy (non-hydrogen) atoms. The molecule has 0 aromatic heterocycles. The standard InChI is InChI=1S/C36H48FIN2O8/c1-21(2)26-10-9-22(3)13-30(26)47-20-33(43)40(18-24-7-5-6-8-27(24)37)29-16-25(36(45)39-11-12-41)17-31(34(29)44)48-35-28(38)14-23(19-42)15-32(35)46-4/h5-8,14-15,17,21-22,26,29-31,34,41-42,44H,9-13,16,18-20H2,1-4H3,(H,39,45)/t22-,26+,29+,30-,31-,34-/m0/s1. The van der Waals surface area contributed by atoms with E-state index in [-0.39, 0.29) is 62.3 Å². The van der Waals surface area contributed by atoms with Gasteiger partial charge in [0.2, 0.25) is 11.8 Å². The van der Waals surface area contributed by atoms with Gasteiger partial charge in [-0.3, -0.25) is 9.59 Å². The Balaban J connectivity index is 1.70. The molecular weight excluding hydrogens is 734 g/mol. The lowest BCUT2D eigenvalue weighted by atomic mass is 9.75. The summed E-state index contributed by atoms with van der Waals surface area (Å²) in [5.41, 5.74) is 1.08. The fraction of sp³-hybridized carbons (Fsp3) is 0.556. The third-order valence-electron chi connectivity index (χ3n) is 9.34. The van der Waals surface area contributed by atoms with E-state index in [2.05, 4.69) is 26.1 Å². The van der Waals surface area contributed by atoms with E-state index in [1.54, 1.807) is 30.3 Å². The number of carbonyl (C=O) groups excluding carboxylic acids is 2. The fourth-order valence-electron chi connectivity index (χ4n) is 6.66. The van der Waals surface area contributed by atoms with Crippen molar-refractivity contribution in [1.29, 1.82) is 0 Å². The minimum atomic E-state index is -1.34. The van der Waals surface area contributed by atoms with E-state index in [4.69, 9.17) is 14.2 Å². The van der Waals surface area contributed by atoms with Crippen LogP contribution in [0.2, 0.25) is 0 Å². The molecule has 6 atom stereocenters. The summed E-state index contributed by atoms with van der Waals surface area (Å²) in [5.74, 6) is 0.296. The van der Waals surface area contributed by atoms with E-state index in [0.717, 1.165) is 19.3 Å². The Bertz CT molecular complexity index is 1440. The van der Waals surface area contributed by atoms with Crippen molar-refractivity contribution < 1.29 is 43.5 Å². The lowest BCUT2D eigenvalue weighted by Crippen LogP contribution is -2.55. The molecule has 0 radical (unpaired) electrons. The molecular formula is C36H48FIN2O8. The van der Waals surface area contributed by atoms with Crippen molar-refractivity contribution in [3.8, 4) is 11.5 Å². The van der Waals surface area contributed by atoms with Gasteiger partial charge in [-0.2, -0.15) is 0 Å². The lowest BCUT2D eigenvalue weighted by molar-refractivity contribution is -0.149. The monoisotopic (exact) mass is 782 g/mol. The Morgan fingerprint density at radius 1 is 1.17 bits per heavy atom. The van der Waals surface area contributed by atoms with Gasteiger partial charge in [-0.1, -0.05) is 45.4 Å². The molecule has 10 nitrogen and oxygen atoms in total. The predicted octanol–water partition coefficient (Wildman–Crippen LogP) is 4.35. The van der Waals surface area contributed by atoms with Crippen LogP contribution in [0.3, 0.4) is 0 Å². The van der Waals surface area contributed by atoms with Crippen molar-refractivity contribution in [2.24, 2.45) is 17.8 Å². The first-order valence-corrected chi connectivity index (χ1v) is 17.6. The highest BCUT2D eigenvalue weighted by molar-refractivity contribution is 14.1. The number of nitrogens with one attached hydrogen (secondary N) is 1. The van der Waals surface area contributed by atoms with E-state index in [1.807, 2.05) is 22.6 Å². The summed E-state index contributed by atoms with van der Waals surface area (Å²) < 4.78 is 33.8. The Labute approximate surface area is 295 Å². The highest BCUT2D eigenvalue weighted by Crippen LogP contribution is 2.38. The molecule has 0 aliphatic heterocycles. The minimum Gasteiger partial charge on any atom is -0.493 e. The zero-order valence-electron chi connectivity index (χ0n) is 28.0. The first-order chi connectivity index (χ1) is 23.0. The number of nitrogens with zero attached hydrogens (tertiary/aromatic N) is 1. The van der Waals surface area contributed by atoms with E-state index in [0.29, 0.717) is 32.6 Å². The van der Waals surface area contributed by atoms with Crippen molar-refractivity contribution in [1.82, 2.24) is 10.2 Å². The average molecular weight is 783 g/mol. The Morgan fingerprint density at radius 3 is 2.58 bits per heavy atom. The molecule has 4 rings (SSSR count). The highest BCUT2D eigenvalue weighted by atomic mass is 127. The molecule has 12 heteroatoms.